The second-order valence-electron chi connectivity index (χ2n) is 10.8. The third kappa shape index (κ3) is 6.35. The van der Waals surface area contributed by atoms with Crippen LogP contribution >= 0.6 is 0 Å². The van der Waals surface area contributed by atoms with Gasteiger partial charge < -0.3 is 9.47 Å². The molecule has 196 valence electrons. The van der Waals surface area contributed by atoms with Crippen LogP contribution in [0.1, 0.15) is 76.3 Å². The van der Waals surface area contributed by atoms with Crippen LogP contribution in [-0.4, -0.2) is 17.3 Å². The summed E-state index contributed by atoms with van der Waals surface area (Å²) in [5.74, 6) is 1.72. The van der Waals surface area contributed by atoms with Crippen LogP contribution in [-0.2, 0) is 15.0 Å². The summed E-state index contributed by atoms with van der Waals surface area (Å²) in [6, 6.07) is 15.8. The summed E-state index contributed by atoms with van der Waals surface area (Å²) in [6.45, 7) is 10.6. The number of hydrogen-bond acceptors (Lipinski definition) is 4. The molecule has 0 aromatic heterocycles. The number of esters is 2. The van der Waals surface area contributed by atoms with E-state index in [2.05, 4.69) is 37.4 Å². The Kier molecular flexibility index (Phi) is 8.59. The Morgan fingerprint density at radius 2 is 1.08 bits per heavy atom. The van der Waals surface area contributed by atoms with Crippen molar-refractivity contribution in [3.8, 4) is 11.5 Å². The van der Waals surface area contributed by atoms with Gasteiger partial charge >= 0.3 is 11.9 Å². The lowest BCUT2D eigenvalue weighted by Gasteiger charge is -2.44. The summed E-state index contributed by atoms with van der Waals surface area (Å²) in [5.41, 5.74) is 3.01. The lowest BCUT2D eigenvalue weighted by Crippen LogP contribution is -2.36. The van der Waals surface area contributed by atoms with Crippen LogP contribution in [0.2, 0.25) is 0 Å². The van der Waals surface area contributed by atoms with E-state index in [1.54, 1.807) is 13.8 Å². The largest absolute Gasteiger partial charge is 0.423 e. The number of carbonyl (C=O) groups is 2. The zero-order valence-electron chi connectivity index (χ0n) is 22.0. The van der Waals surface area contributed by atoms with Gasteiger partial charge in [0.05, 0.1) is 0 Å². The van der Waals surface area contributed by atoms with E-state index < -0.39 is 11.9 Å². The molecule has 0 N–H and O–H groups in total. The molecule has 2 aliphatic carbocycles. The molecule has 2 saturated carbocycles. The molecule has 0 unspecified atom stereocenters. The minimum absolute atomic E-state index is 0.153. The zero-order chi connectivity index (χ0) is 26.6. The molecule has 0 amide bonds. The fourth-order valence-corrected chi connectivity index (χ4v) is 6.25. The number of benzene rings is 2. The van der Waals surface area contributed by atoms with Crippen LogP contribution in [0.5, 0.6) is 11.5 Å². The maximum absolute atomic E-state index is 12.0. The fraction of sp³-hybridized carbons (Fsp3) is 0.438. The molecule has 0 saturated heterocycles. The highest BCUT2D eigenvalue weighted by Crippen LogP contribution is 2.50. The van der Waals surface area contributed by atoms with Crippen molar-refractivity contribution in [3.63, 3.8) is 0 Å². The molecule has 0 spiro atoms. The summed E-state index contributed by atoms with van der Waals surface area (Å²) in [4.78, 5) is 23.9. The molecule has 2 aromatic carbocycles. The fourth-order valence-electron chi connectivity index (χ4n) is 5.98. The molecule has 4 nitrogen and oxygen atoms in total. The molecule has 0 atom stereocenters. The molecule has 0 radical (unpaired) electrons. The molecular formula is C32H38ClO4+. The topological polar surface area (TPSA) is 52.6 Å². The second kappa shape index (κ2) is 11.7. The lowest BCUT2D eigenvalue weighted by molar-refractivity contribution is -0.427. The van der Waals surface area contributed by atoms with Gasteiger partial charge in [-0.15, -0.1) is 0 Å². The Morgan fingerprint density at radius 1 is 0.703 bits per heavy atom. The Balaban J connectivity index is 1.58. The van der Waals surface area contributed by atoms with Crippen molar-refractivity contribution in [1.29, 1.82) is 0 Å². The van der Waals surface area contributed by atoms with Gasteiger partial charge in [0.1, 0.15) is 23.1 Å². The van der Waals surface area contributed by atoms with Gasteiger partial charge in [-0.1, -0.05) is 37.4 Å². The Hall–Kier alpha value is -2.85. The first-order chi connectivity index (χ1) is 17.7. The van der Waals surface area contributed by atoms with Gasteiger partial charge in [0.15, 0.2) is 5.38 Å². The van der Waals surface area contributed by atoms with Gasteiger partial charge in [-0.05, 0) is 99.6 Å². The monoisotopic (exact) mass is 521 g/mol. The first kappa shape index (κ1) is 27.2. The van der Waals surface area contributed by atoms with Crippen LogP contribution in [0.4, 0.5) is 0 Å². The normalized spacial score (nSPS) is 21.6. The Bertz CT molecular complexity index is 1060. The van der Waals surface area contributed by atoms with Crippen molar-refractivity contribution in [3.05, 3.63) is 84.0 Å². The molecule has 2 aliphatic rings. The lowest BCUT2D eigenvalue weighted by atomic mass is 9.60. The third-order valence-corrected chi connectivity index (χ3v) is 8.67. The van der Waals surface area contributed by atoms with Gasteiger partial charge in [-0.3, -0.25) is 0 Å². The highest BCUT2D eigenvalue weighted by molar-refractivity contribution is 5.89. The number of carbonyl (C=O) groups excluding carboxylic acids is 2. The highest BCUT2D eigenvalue weighted by atomic mass is 35.5. The smallest absolute Gasteiger partial charge is 0.338 e. The minimum atomic E-state index is -0.420. The van der Waals surface area contributed by atoms with Gasteiger partial charge in [0.2, 0.25) is 0 Å². The van der Waals surface area contributed by atoms with Crippen molar-refractivity contribution in [1.82, 2.24) is 0 Å². The molecule has 0 aliphatic heterocycles. The van der Waals surface area contributed by atoms with E-state index in [1.807, 2.05) is 24.3 Å². The van der Waals surface area contributed by atoms with Crippen molar-refractivity contribution < 1.29 is 30.7 Å². The van der Waals surface area contributed by atoms with E-state index in [1.165, 1.54) is 49.7 Å². The van der Waals surface area contributed by atoms with Crippen molar-refractivity contribution in [2.24, 2.45) is 11.8 Å². The third-order valence-electron chi connectivity index (χ3n) is 8.20. The van der Waals surface area contributed by atoms with Crippen molar-refractivity contribution in [2.75, 3.05) is 0 Å². The standard InChI is InChI=1S/C32H38ClO4/c1-21(2)30(34)36-28-13-7-25(8-14-28)32(26-9-15-29(16-10-26)37-31(35)22(3)4)19-17-24(18-20-32)23-5-11-27(33)12-6-23/h7-10,13-16,23-24,27,33H,1,3,5-6,11-12,17-20H2,2,4H3/q+1. The quantitative estimate of drug-likeness (QED) is 0.171. The van der Waals surface area contributed by atoms with E-state index in [-0.39, 0.29) is 5.41 Å². The average Bonchev–Trinajstić information content (AvgIpc) is 2.90. The van der Waals surface area contributed by atoms with Gasteiger partial charge in [-0.2, -0.15) is 0 Å². The number of ether oxygens (including phenoxy) is 2. The molecular weight excluding hydrogens is 484 g/mol. The van der Waals surface area contributed by atoms with Gasteiger partial charge in [0, 0.05) is 29.4 Å². The molecule has 2 aromatic rings. The van der Waals surface area contributed by atoms with Crippen LogP contribution in [0.25, 0.3) is 0 Å². The van der Waals surface area contributed by atoms with E-state index in [9.17, 15) is 9.59 Å². The number of hydrogen-bond donors (Lipinski definition) is 0. The van der Waals surface area contributed by atoms with Crippen LogP contribution < -0.4 is 9.47 Å². The first-order valence-electron chi connectivity index (χ1n) is 13.3. The SMILES string of the molecule is C=C(C)C(=O)Oc1ccc(C2(c3ccc(OC(=O)C(=C)C)cc3)CCC(C3CCC([ClH+])CC3)CC2)cc1. The van der Waals surface area contributed by atoms with Crippen LogP contribution in [0.3, 0.4) is 0 Å². The first-order valence-corrected chi connectivity index (χ1v) is 13.8. The number of halogens is 1. The second-order valence-corrected chi connectivity index (χ2v) is 11.5. The van der Waals surface area contributed by atoms with Gasteiger partial charge in [0.25, 0.3) is 0 Å². The number of alkyl halides is 1. The number of rotatable bonds is 7. The van der Waals surface area contributed by atoms with Crippen LogP contribution in [0.15, 0.2) is 72.8 Å². The molecule has 0 heterocycles. The van der Waals surface area contributed by atoms with E-state index in [4.69, 9.17) is 21.1 Å². The average molecular weight is 522 g/mol. The summed E-state index contributed by atoms with van der Waals surface area (Å²) >= 11 is 5.54. The van der Waals surface area contributed by atoms with Crippen molar-refractivity contribution in [2.45, 2.75) is 76.0 Å². The van der Waals surface area contributed by atoms with E-state index >= 15 is 0 Å². The zero-order valence-corrected chi connectivity index (χ0v) is 22.8. The Labute approximate surface area is 225 Å². The predicted octanol–water partition coefficient (Wildman–Crippen LogP) is 6.97. The molecule has 0 bridgehead atoms. The van der Waals surface area contributed by atoms with Gasteiger partial charge in [-0.25, -0.2) is 9.59 Å². The molecule has 2 fully saturated rings. The molecule has 4 rings (SSSR count). The summed E-state index contributed by atoms with van der Waals surface area (Å²) in [5, 5.41) is 0.453. The van der Waals surface area contributed by atoms with E-state index in [0.717, 1.165) is 24.7 Å². The summed E-state index contributed by atoms with van der Waals surface area (Å²) in [7, 11) is 0. The minimum Gasteiger partial charge on any atom is -0.423 e. The summed E-state index contributed by atoms with van der Waals surface area (Å²) in [6.07, 6.45) is 9.31. The predicted molar refractivity (Wildman–Crippen MR) is 144 cm³/mol. The van der Waals surface area contributed by atoms with Crippen LogP contribution in [0, 0.1) is 23.4 Å². The molecule has 37 heavy (non-hydrogen) atoms. The summed E-state index contributed by atoms with van der Waals surface area (Å²) < 4.78 is 10.9. The highest BCUT2D eigenvalue weighted by Gasteiger charge is 2.41. The Morgan fingerprint density at radius 3 is 1.46 bits per heavy atom. The molecule has 5 heteroatoms. The van der Waals surface area contributed by atoms with Crippen molar-refractivity contribution >= 4 is 11.9 Å². The maximum atomic E-state index is 12.0. The van der Waals surface area contributed by atoms with E-state index in [0.29, 0.717) is 28.0 Å². The maximum Gasteiger partial charge on any atom is 0.338 e.